The lowest BCUT2D eigenvalue weighted by molar-refractivity contribution is 0.546. The number of rotatable bonds is 7. The molecule has 5 heteroatoms. The van der Waals surface area contributed by atoms with Crippen molar-refractivity contribution in [2.75, 3.05) is 13.1 Å². The van der Waals surface area contributed by atoms with Gasteiger partial charge >= 0.3 is 0 Å². The lowest BCUT2D eigenvalue weighted by Gasteiger charge is -2.10. The maximum atomic E-state index is 11.8. The Hall–Kier alpha value is -0.430. The third-order valence-corrected chi connectivity index (χ3v) is 3.41. The number of aromatic nitrogens is 2. The van der Waals surface area contributed by atoms with Gasteiger partial charge in [-0.2, -0.15) is 0 Å². The Balaban J connectivity index is 2.42. The fourth-order valence-electron chi connectivity index (χ4n) is 1.63. The van der Waals surface area contributed by atoms with Gasteiger partial charge in [0.1, 0.15) is 5.82 Å². The number of halogens is 1. The smallest absolute Gasteiger partial charge is 0.266 e. The van der Waals surface area contributed by atoms with Crippen molar-refractivity contribution in [2.24, 2.45) is 0 Å². The first kappa shape index (κ1) is 14.6. The molecule has 96 valence electrons. The topological polar surface area (TPSA) is 46.9 Å². The summed E-state index contributed by atoms with van der Waals surface area (Å²) >= 11 is 2.03. The number of nitrogens with one attached hydrogen (secondary N) is 1. The summed E-state index contributed by atoms with van der Waals surface area (Å²) < 4.78 is 2.41. The summed E-state index contributed by atoms with van der Waals surface area (Å²) in [5.74, 6) is 0.783. The van der Waals surface area contributed by atoms with Gasteiger partial charge in [0.25, 0.3) is 5.56 Å². The van der Waals surface area contributed by atoms with Gasteiger partial charge in [-0.15, -0.1) is 0 Å². The molecule has 0 aliphatic carbocycles. The molecule has 0 spiro atoms. The molecule has 0 fully saturated rings. The van der Waals surface area contributed by atoms with Crippen LogP contribution in [0.3, 0.4) is 0 Å². The fourth-order valence-corrected chi connectivity index (χ4v) is 2.06. The fraction of sp³-hybridized carbons (Fsp3) is 0.667. The molecule has 0 radical (unpaired) electrons. The molecule has 1 N–H and O–H groups in total. The van der Waals surface area contributed by atoms with Crippen LogP contribution >= 0.6 is 22.6 Å². The van der Waals surface area contributed by atoms with Gasteiger partial charge in [-0.1, -0.05) is 19.8 Å². The van der Waals surface area contributed by atoms with Crippen molar-refractivity contribution in [1.82, 2.24) is 14.9 Å². The normalized spacial score (nSPS) is 10.8. The van der Waals surface area contributed by atoms with Crippen LogP contribution in [0.1, 0.15) is 32.0 Å². The van der Waals surface area contributed by atoms with Crippen molar-refractivity contribution in [1.29, 1.82) is 0 Å². The maximum absolute atomic E-state index is 11.8. The number of nitrogens with zero attached hydrogens (tertiary/aromatic N) is 2. The minimum Gasteiger partial charge on any atom is -0.315 e. The molecule has 0 bridgehead atoms. The molecule has 1 aromatic rings. The minimum absolute atomic E-state index is 0.0634. The Labute approximate surface area is 116 Å². The van der Waals surface area contributed by atoms with Crippen LogP contribution in [0.4, 0.5) is 0 Å². The van der Waals surface area contributed by atoms with E-state index < -0.39 is 0 Å². The van der Waals surface area contributed by atoms with Crippen LogP contribution in [0.25, 0.3) is 0 Å². The SMILES string of the molecule is CCCCCNCCn1c(C)ncc(I)c1=O. The molecule has 4 nitrogen and oxygen atoms in total. The molecule has 1 heterocycles. The van der Waals surface area contributed by atoms with Crippen molar-refractivity contribution in [3.8, 4) is 0 Å². The van der Waals surface area contributed by atoms with Crippen molar-refractivity contribution in [3.63, 3.8) is 0 Å². The van der Waals surface area contributed by atoms with Crippen LogP contribution in [-0.2, 0) is 6.54 Å². The largest absolute Gasteiger partial charge is 0.315 e. The van der Waals surface area contributed by atoms with Crippen LogP contribution in [0, 0.1) is 10.5 Å². The molecule has 17 heavy (non-hydrogen) atoms. The summed E-state index contributed by atoms with van der Waals surface area (Å²) in [5, 5.41) is 3.35. The summed E-state index contributed by atoms with van der Waals surface area (Å²) in [5.41, 5.74) is 0.0634. The van der Waals surface area contributed by atoms with Crippen molar-refractivity contribution in [2.45, 2.75) is 39.7 Å². The van der Waals surface area contributed by atoms with Crippen molar-refractivity contribution < 1.29 is 0 Å². The second-order valence-corrected chi connectivity index (χ2v) is 5.23. The average Bonchev–Trinajstić information content (AvgIpc) is 2.32. The zero-order valence-corrected chi connectivity index (χ0v) is 12.7. The van der Waals surface area contributed by atoms with Gasteiger partial charge in [0.2, 0.25) is 0 Å². The Bertz CT molecular complexity index is 403. The Kier molecular flexibility index (Phi) is 6.72. The van der Waals surface area contributed by atoms with E-state index in [1.165, 1.54) is 19.3 Å². The number of unbranched alkanes of at least 4 members (excludes halogenated alkanes) is 2. The van der Waals surface area contributed by atoms with Crippen LogP contribution in [0.2, 0.25) is 0 Å². The van der Waals surface area contributed by atoms with E-state index in [1.54, 1.807) is 10.8 Å². The highest BCUT2D eigenvalue weighted by atomic mass is 127. The Morgan fingerprint density at radius 1 is 1.41 bits per heavy atom. The van der Waals surface area contributed by atoms with Gasteiger partial charge in [-0.05, 0) is 42.5 Å². The maximum Gasteiger partial charge on any atom is 0.266 e. The van der Waals surface area contributed by atoms with E-state index >= 15 is 0 Å². The molecule has 0 aliphatic heterocycles. The van der Waals surface area contributed by atoms with Crippen LogP contribution < -0.4 is 10.9 Å². The van der Waals surface area contributed by atoms with Gasteiger partial charge in [0.15, 0.2) is 0 Å². The molecule has 0 unspecified atom stereocenters. The van der Waals surface area contributed by atoms with E-state index in [0.29, 0.717) is 10.1 Å². The second-order valence-electron chi connectivity index (χ2n) is 4.07. The van der Waals surface area contributed by atoms with Gasteiger partial charge in [0.05, 0.1) is 3.57 Å². The van der Waals surface area contributed by atoms with E-state index in [0.717, 1.165) is 18.9 Å². The molecular formula is C12H20IN3O. The first-order chi connectivity index (χ1) is 8.16. The first-order valence-electron chi connectivity index (χ1n) is 6.09. The molecule has 0 aromatic carbocycles. The summed E-state index contributed by atoms with van der Waals surface area (Å²) in [4.78, 5) is 16.0. The molecular weight excluding hydrogens is 329 g/mol. The summed E-state index contributed by atoms with van der Waals surface area (Å²) in [6.45, 7) is 6.61. The zero-order valence-electron chi connectivity index (χ0n) is 10.5. The monoisotopic (exact) mass is 349 g/mol. The molecule has 1 rings (SSSR count). The lowest BCUT2D eigenvalue weighted by Crippen LogP contribution is -2.30. The lowest BCUT2D eigenvalue weighted by atomic mass is 10.2. The number of hydrogen-bond acceptors (Lipinski definition) is 3. The van der Waals surface area contributed by atoms with Crippen molar-refractivity contribution in [3.05, 3.63) is 25.9 Å². The third-order valence-electron chi connectivity index (χ3n) is 2.67. The molecule has 0 saturated carbocycles. The van der Waals surface area contributed by atoms with E-state index in [1.807, 2.05) is 29.5 Å². The summed E-state index contributed by atoms with van der Waals surface area (Å²) in [6, 6.07) is 0. The van der Waals surface area contributed by atoms with E-state index in [9.17, 15) is 4.79 Å². The summed E-state index contributed by atoms with van der Waals surface area (Å²) in [6.07, 6.45) is 5.33. The minimum atomic E-state index is 0.0634. The molecule has 0 amide bonds. The number of aryl methyl sites for hydroxylation is 1. The van der Waals surface area contributed by atoms with Gasteiger partial charge in [0, 0.05) is 19.3 Å². The Morgan fingerprint density at radius 2 is 2.18 bits per heavy atom. The van der Waals surface area contributed by atoms with Crippen LogP contribution in [0.15, 0.2) is 11.0 Å². The summed E-state index contributed by atoms with van der Waals surface area (Å²) in [7, 11) is 0. The second kappa shape index (κ2) is 7.81. The first-order valence-corrected chi connectivity index (χ1v) is 7.17. The average molecular weight is 349 g/mol. The molecule has 1 aromatic heterocycles. The Morgan fingerprint density at radius 3 is 2.88 bits per heavy atom. The predicted molar refractivity (Wildman–Crippen MR) is 78.3 cm³/mol. The highest BCUT2D eigenvalue weighted by Crippen LogP contribution is 1.97. The van der Waals surface area contributed by atoms with Crippen LogP contribution in [-0.4, -0.2) is 22.6 Å². The van der Waals surface area contributed by atoms with Gasteiger partial charge in [-0.3, -0.25) is 9.36 Å². The zero-order chi connectivity index (χ0) is 12.7. The number of hydrogen-bond donors (Lipinski definition) is 1. The van der Waals surface area contributed by atoms with E-state index in [2.05, 4.69) is 17.2 Å². The third kappa shape index (κ3) is 4.75. The van der Waals surface area contributed by atoms with Gasteiger partial charge in [-0.25, -0.2) is 4.98 Å². The van der Waals surface area contributed by atoms with Crippen LogP contribution in [0.5, 0.6) is 0 Å². The standard InChI is InChI=1S/C12H20IN3O/c1-3-4-5-6-14-7-8-16-10(2)15-9-11(13)12(16)17/h9,14H,3-8H2,1-2H3. The van der Waals surface area contributed by atoms with Crippen molar-refractivity contribution >= 4 is 22.6 Å². The molecule has 0 atom stereocenters. The highest BCUT2D eigenvalue weighted by Gasteiger charge is 2.04. The molecule has 0 aliphatic rings. The van der Waals surface area contributed by atoms with E-state index in [4.69, 9.17) is 0 Å². The van der Waals surface area contributed by atoms with Gasteiger partial charge < -0.3 is 5.32 Å². The molecule has 0 saturated heterocycles. The quantitative estimate of drug-likeness (QED) is 0.605. The van der Waals surface area contributed by atoms with E-state index in [-0.39, 0.29) is 5.56 Å². The highest BCUT2D eigenvalue weighted by molar-refractivity contribution is 14.1. The predicted octanol–water partition coefficient (Wildman–Crippen LogP) is 1.94.